The number of carbonyl (C=O) groups excluding carboxylic acids is 1. The molecule has 4 nitrogen and oxygen atoms in total. The van der Waals surface area contributed by atoms with Crippen LogP contribution in [0.15, 0.2) is 60.7 Å². The Morgan fingerprint density at radius 3 is 2.30 bits per heavy atom. The van der Waals surface area contributed by atoms with Crippen molar-refractivity contribution in [2.24, 2.45) is 0 Å². The zero-order chi connectivity index (χ0) is 18.7. The predicted octanol–water partition coefficient (Wildman–Crippen LogP) is 5.02. The largest absolute Gasteiger partial charge is 0.491 e. The van der Waals surface area contributed by atoms with Crippen LogP contribution >= 0.6 is 11.8 Å². The van der Waals surface area contributed by atoms with Crippen molar-refractivity contribution in [3.63, 3.8) is 0 Å². The zero-order valence-electron chi connectivity index (χ0n) is 15.4. The molecule has 0 saturated heterocycles. The molecule has 143 valence electrons. The van der Waals surface area contributed by atoms with Gasteiger partial charge in [-0.15, -0.1) is 0 Å². The van der Waals surface area contributed by atoms with E-state index >= 15 is 0 Å². The minimum Gasteiger partial charge on any atom is -0.491 e. The van der Waals surface area contributed by atoms with Crippen LogP contribution in [0.5, 0.6) is 5.75 Å². The van der Waals surface area contributed by atoms with E-state index in [0.717, 1.165) is 30.4 Å². The van der Waals surface area contributed by atoms with Gasteiger partial charge >= 0.3 is 0 Å². The van der Waals surface area contributed by atoms with Gasteiger partial charge in [0.05, 0.1) is 6.61 Å². The monoisotopic (exact) mass is 384 g/mol. The van der Waals surface area contributed by atoms with E-state index in [4.69, 9.17) is 9.47 Å². The van der Waals surface area contributed by atoms with Crippen molar-refractivity contribution in [3.8, 4) is 5.75 Å². The lowest BCUT2D eigenvalue weighted by Crippen LogP contribution is -2.35. The molecule has 2 aromatic rings. The number of ether oxygens (including phenoxy) is 2. The van der Waals surface area contributed by atoms with Crippen molar-refractivity contribution in [1.82, 2.24) is 5.32 Å². The first-order valence-electron chi connectivity index (χ1n) is 9.52. The van der Waals surface area contributed by atoms with Gasteiger partial charge in [0.1, 0.15) is 12.4 Å². The maximum Gasteiger partial charge on any atom is 0.229 e. The Morgan fingerprint density at radius 1 is 0.926 bits per heavy atom. The summed E-state index contributed by atoms with van der Waals surface area (Å²) in [7, 11) is 0. The molecule has 0 aromatic heterocycles. The highest BCUT2D eigenvalue weighted by atomic mass is 32.2. The normalized spacial score (nSPS) is 15.0. The number of benzene rings is 2. The molecule has 1 radical (unpaired) electrons. The smallest absolute Gasteiger partial charge is 0.229 e. The molecule has 1 aliphatic rings. The summed E-state index contributed by atoms with van der Waals surface area (Å²) in [4.78, 5) is 12.5. The van der Waals surface area contributed by atoms with Gasteiger partial charge in [0.2, 0.25) is 10.7 Å². The van der Waals surface area contributed by atoms with E-state index in [9.17, 15) is 4.79 Å². The first-order valence-corrected chi connectivity index (χ1v) is 10.3. The molecule has 0 atom stereocenters. The van der Waals surface area contributed by atoms with Crippen LogP contribution in [0.3, 0.4) is 0 Å². The van der Waals surface area contributed by atoms with Gasteiger partial charge in [-0.05, 0) is 36.7 Å². The molecule has 0 aliphatic heterocycles. The predicted molar refractivity (Wildman–Crippen MR) is 110 cm³/mol. The average Bonchev–Trinajstić information content (AvgIpc) is 2.73. The molecule has 27 heavy (non-hydrogen) atoms. The Kier molecular flexibility index (Phi) is 8.21. The summed E-state index contributed by atoms with van der Waals surface area (Å²) in [6, 6.07) is 19.3. The minimum atomic E-state index is -0.0158. The van der Waals surface area contributed by atoms with Gasteiger partial charge in [0, 0.05) is 11.6 Å². The lowest BCUT2D eigenvalue weighted by atomic mass is 9.96. The van der Waals surface area contributed by atoms with E-state index in [2.05, 4.69) is 5.32 Å². The second-order valence-corrected chi connectivity index (χ2v) is 7.48. The van der Waals surface area contributed by atoms with Crippen LogP contribution in [-0.4, -0.2) is 24.4 Å². The lowest BCUT2D eigenvalue weighted by molar-refractivity contribution is 0.105. The van der Waals surface area contributed by atoms with E-state index in [-0.39, 0.29) is 5.12 Å². The highest BCUT2D eigenvalue weighted by Gasteiger charge is 2.23. The first-order chi connectivity index (χ1) is 13.3. The van der Waals surface area contributed by atoms with Crippen LogP contribution in [0.4, 0.5) is 0 Å². The van der Waals surface area contributed by atoms with Crippen molar-refractivity contribution >= 4 is 16.9 Å². The molecule has 3 rings (SSSR count). The Bertz CT molecular complexity index is 674. The molecule has 0 spiro atoms. The molecule has 5 heteroatoms. The molecule has 0 unspecified atom stereocenters. The lowest BCUT2D eigenvalue weighted by Gasteiger charge is -2.26. The second-order valence-electron chi connectivity index (χ2n) is 6.53. The molecule has 2 aromatic carbocycles. The SMILES string of the molecule is O=C(S[C](NC1CCCCC1)OCCOc1ccccc1)c1ccccc1. The summed E-state index contributed by atoms with van der Waals surface area (Å²) in [5.74, 6) is 0.816. The number of nitrogens with one attached hydrogen (secondary N) is 1. The van der Waals surface area contributed by atoms with Crippen LogP contribution in [0.2, 0.25) is 0 Å². The van der Waals surface area contributed by atoms with E-state index < -0.39 is 0 Å². The summed E-state index contributed by atoms with van der Waals surface area (Å²) in [6.45, 7) is 0.818. The van der Waals surface area contributed by atoms with Gasteiger partial charge in [0.25, 0.3) is 0 Å². The maximum absolute atomic E-state index is 12.5. The standard InChI is InChI=1S/C22H26NO3S/c24-21(18-10-4-1-5-11-18)27-22(23-19-12-6-2-7-13-19)26-17-16-25-20-14-8-3-9-15-20/h1,3-5,8-11,14-15,19,23H,2,6-7,12-13,16-17H2. The van der Waals surface area contributed by atoms with Crippen LogP contribution < -0.4 is 10.1 Å². The fourth-order valence-electron chi connectivity index (χ4n) is 3.04. The number of carbonyl (C=O) groups is 1. The number of thioether (sulfide) groups is 1. The van der Waals surface area contributed by atoms with Gasteiger partial charge in [0.15, 0.2) is 0 Å². The molecule has 1 N–H and O–H groups in total. The third kappa shape index (κ3) is 7.01. The third-order valence-electron chi connectivity index (χ3n) is 4.45. The summed E-state index contributed by atoms with van der Waals surface area (Å²) >= 11 is 1.13. The molecule has 0 amide bonds. The number of para-hydroxylation sites is 1. The number of hydrogen-bond acceptors (Lipinski definition) is 5. The quantitative estimate of drug-likeness (QED) is 0.615. The van der Waals surface area contributed by atoms with Gasteiger partial charge < -0.3 is 9.47 Å². The van der Waals surface area contributed by atoms with Crippen LogP contribution in [0.25, 0.3) is 0 Å². The highest BCUT2D eigenvalue weighted by Crippen LogP contribution is 2.27. The van der Waals surface area contributed by atoms with Crippen molar-refractivity contribution < 1.29 is 14.3 Å². The second kappa shape index (κ2) is 11.1. The van der Waals surface area contributed by atoms with Crippen molar-refractivity contribution in [3.05, 3.63) is 71.8 Å². The topological polar surface area (TPSA) is 47.6 Å². The minimum absolute atomic E-state index is 0.0158. The molecule has 1 saturated carbocycles. The average molecular weight is 385 g/mol. The number of rotatable bonds is 9. The summed E-state index contributed by atoms with van der Waals surface area (Å²) in [6.07, 6.45) is 5.97. The summed E-state index contributed by atoms with van der Waals surface area (Å²) in [5.41, 5.74) is 1.25. The highest BCUT2D eigenvalue weighted by molar-refractivity contribution is 8.16. The number of hydrogen-bond donors (Lipinski definition) is 1. The maximum atomic E-state index is 12.5. The molecular weight excluding hydrogens is 358 g/mol. The summed E-state index contributed by atoms with van der Waals surface area (Å²) < 4.78 is 11.6. The van der Waals surface area contributed by atoms with E-state index in [0.29, 0.717) is 30.4 Å². The Labute approximate surface area is 165 Å². The molecule has 0 bridgehead atoms. The molecule has 1 aliphatic carbocycles. The van der Waals surface area contributed by atoms with Crippen LogP contribution in [-0.2, 0) is 4.74 Å². The fourth-order valence-corrected chi connectivity index (χ4v) is 3.83. The van der Waals surface area contributed by atoms with E-state index in [1.54, 1.807) is 0 Å². The van der Waals surface area contributed by atoms with Gasteiger partial charge in [-0.3, -0.25) is 10.1 Å². The molecule has 1 fully saturated rings. The van der Waals surface area contributed by atoms with Crippen LogP contribution in [0.1, 0.15) is 42.5 Å². The van der Waals surface area contributed by atoms with Gasteiger partial charge in [-0.2, -0.15) is 0 Å². The van der Waals surface area contributed by atoms with Crippen LogP contribution in [0, 0.1) is 5.56 Å². The molecular formula is C22H26NO3S. The first kappa shape index (κ1) is 19.9. The van der Waals surface area contributed by atoms with Gasteiger partial charge in [-0.25, -0.2) is 0 Å². The van der Waals surface area contributed by atoms with Crippen molar-refractivity contribution in [2.75, 3.05) is 13.2 Å². The van der Waals surface area contributed by atoms with Gasteiger partial charge in [-0.1, -0.05) is 67.8 Å². The van der Waals surface area contributed by atoms with Crippen molar-refractivity contribution in [1.29, 1.82) is 0 Å². The van der Waals surface area contributed by atoms with Crippen molar-refractivity contribution in [2.45, 2.75) is 38.1 Å². The zero-order valence-corrected chi connectivity index (χ0v) is 16.3. The van der Waals surface area contributed by atoms with E-state index in [1.807, 2.05) is 60.7 Å². The Balaban J connectivity index is 1.51. The summed E-state index contributed by atoms with van der Waals surface area (Å²) in [5, 5.41) is 3.42. The Morgan fingerprint density at radius 2 is 1.59 bits per heavy atom. The fraction of sp³-hybridized carbons (Fsp3) is 0.364. The molecule has 0 heterocycles. The van der Waals surface area contributed by atoms with E-state index in [1.165, 1.54) is 19.3 Å². The third-order valence-corrected chi connectivity index (χ3v) is 5.29. The Hall–Kier alpha value is -1.82.